The molecule has 1 atom stereocenters. The third-order valence-electron chi connectivity index (χ3n) is 3.83. The quantitative estimate of drug-likeness (QED) is 0.754. The number of hydrogen-bond acceptors (Lipinski definition) is 8. The molecule has 4 rings (SSSR count). The van der Waals surface area contributed by atoms with E-state index in [0.29, 0.717) is 41.6 Å². The minimum atomic E-state index is 0. The van der Waals surface area contributed by atoms with E-state index in [1.165, 1.54) is 0 Å². The first-order valence-electron chi connectivity index (χ1n) is 7.66. The van der Waals surface area contributed by atoms with Crippen molar-refractivity contribution in [2.75, 3.05) is 13.1 Å². The summed E-state index contributed by atoms with van der Waals surface area (Å²) in [6.45, 7) is 3.76. The average Bonchev–Trinajstić information content (AvgIpc) is 3.29. The minimum absolute atomic E-state index is 0. The molecule has 3 aromatic rings. The van der Waals surface area contributed by atoms with Crippen LogP contribution in [0, 0.1) is 6.92 Å². The third-order valence-corrected chi connectivity index (χ3v) is 3.83. The molecule has 0 radical (unpaired) electrons. The Morgan fingerprint density at radius 1 is 1.25 bits per heavy atom. The van der Waals surface area contributed by atoms with Crippen LogP contribution in [0.2, 0.25) is 0 Å². The van der Waals surface area contributed by atoms with E-state index < -0.39 is 0 Å². The summed E-state index contributed by atoms with van der Waals surface area (Å²) in [4.78, 5) is 8.48. The first-order chi connectivity index (χ1) is 11.3. The fourth-order valence-corrected chi connectivity index (χ4v) is 2.70. The van der Waals surface area contributed by atoms with Crippen molar-refractivity contribution >= 4 is 12.4 Å². The first kappa shape index (κ1) is 16.6. The normalized spacial score (nSPS) is 17.6. The smallest absolute Gasteiger partial charge is 0.278 e. The molecule has 4 heterocycles. The van der Waals surface area contributed by atoms with Gasteiger partial charge in [0.25, 0.3) is 5.89 Å². The van der Waals surface area contributed by atoms with Gasteiger partial charge in [0.2, 0.25) is 5.89 Å². The molecule has 0 saturated carbocycles. The molecule has 24 heavy (non-hydrogen) atoms. The number of rotatable bonds is 4. The van der Waals surface area contributed by atoms with E-state index in [9.17, 15) is 0 Å². The Balaban J connectivity index is 0.00000169. The van der Waals surface area contributed by atoms with Gasteiger partial charge >= 0.3 is 0 Å². The van der Waals surface area contributed by atoms with Crippen LogP contribution in [0.3, 0.4) is 0 Å². The molecule has 1 fully saturated rings. The lowest BCUT2D eigenvalue weighted by Crippen LogP contribution is -2.31. The second kappa shape index (κ2) is 7.10. The van der Waals surface area contributed by atoms with Crippen molar-refractivity contribution < 1.29 is 9.05 Å². The maximum absolute atomic E-state index is 5.29. The van der Waals surface area contributed by atoms with Crippen molar-refractivity contribution in [3.8, 4) is 11.6 Å². The monoisotopic (exact) mass is 351 g/mol. The van der Waals surface area contributed by atoms with E-state index >= 15 is 0 Å². The van der Waals surface area contributed by atoms with Gasteiger partial charge in [-0.15, -0.1) is 12.4 Å². The molecule has 1 unspecified atom stereocenters. The van der Waals surface area contributed by atoms with E-state index in [0.717, 1.165) is 25.9 Å². The Bertz CT molecular complexity index is 791. The van der Waals surface area contributed by atoms with Crippen LogP contribution in [0.5, 0.6) is 0 Å². The molecule has 1 saturated heterocycles. The molecule has 0 spiro atoms. The van der Waals surface area contributed by atoms with Gasteiger partial charge in [-0.3, -0.25) is 4.68 Å². The summed E-state index contributed by atoms with van der Waals surface area (Å²) in [5, 5.41) is 15.7. The molecule has 1 N–H and O–H groups in total. The highest BCUT2D eigenvalue weighted by Gasteiger charge is 2.18. The fourth-order valence-electron chi connectivity index (χ4n) is 2.70. The molecule has 9 nitrogen and oxygen atoms in total. The number of nitrogens with one attached hydrogen (secondary N) is 1. The fraction of sp³-hybridized carbons (Fsp3) is 0.500. The topological polar surface area (TPSA) is 108 Å². The number of halogens is 1. The number of piperidine rings is 1. The molecule has 0 bridgehead atoms. The SMILES string of the molecule is Cc1nc(Cc2noc(-c3ccn(C4CCCNC4)n3)n2)no1.Cl. The molecule has 1 aliphatic heterocycles. The Kier molecular flexibility index (Phi) is 4.91. The third kappa shape index (κ3) is 3.46. The molecule has 128 valence electrons. The van der Waals surface area contributed by atoms with Crippen molar-refractivity contribution in [2.24, 2.45) is 0 Å². The van der Waals surface area contributed by atoms with Gasteiger partial charge in [-0.1, -0.05) is 10.3 Å². The average molecular weight is 352 g/mol. The second-order valence-electron chi connectivity index (χ2n) is 5.60. The summed E-state index contributed by atoms with van der Waals surface area (Å²) in [5.74, 6) is 1.97. The standard InChI is InChI=1S/C14H17N7O2.ClH/c1-9-16-12(19-22-9)7-13-17-14(23-20-13)11-4-6-21(18-11)10-3-2-5-15-8-10;/h4,6,10,15H,2-3,5,7-8H2,1H3;1H. The summed E-state index contributed by atoms with van der Waals surface area (Å²) < 4.78 is 12.2. The lowest BCUT2D eigenvalue weighted by Gasteiger charge is -2.22. The maximum Gasteiger partial charge on any atom is 0.278 e. The van der Waals surface area contributed by atoms with Gasteiger partial charge in [-0.2, -0.15) is 15.1 Å². The highest BCUT2D eigenvalue weighted by Crippen LogP contribution is 2.20. The number of aromatic nitrogens is 6. The molecular formula is C14H18ClN7O2. The van der Waals surface area contributed by atoms with Crippen LogP contribution < -0.4 is 5.32 Å². The van der Waals surface area contributed by atoms with Crippen LogP contribution in [0.25, 0.3) is 11.6 Å². The van der Waals surface area contributed by atoms with Crippen LogP contribution in [0.15, 0.2) is 21.3 Å². The molecule has 0 aromatic carbocycles. The van der Waals surface area contributed by atoms with Crippen LogP contribution >= 0.6 is 12.4 Å². The Morgan fingerprint density at radius 2 is 2.08 bits per heavy atom. The lowest BCUT2D eigenvalue weighted by molar-refractivity contribution is 0.346. The zero-order valence-corrected chi connectivity index (χ0v) is 14.0. The van der Waals surface area contributed by atoms with Gasteiger partial charge in [-0.05, 0) is 25.5 Å². The summed E-state index contributed by atoms with van der Waals surface area (Å²) in [6.07, 6.45) is 4.61. The van der Waals surface area contributed by atoms with Gasteiger partial charge in [-0.25, -0.2) is 0 Å². The van der Waals surface area contributed by atoms with Gasteiger partial charge in [0, 0.05) is 19.7 Å². The van der Waals surface area contributed by atoms with E-state index in [2.05, 4.69) is 30.7 Å². The van der Waals surface area contributed by atoms with Crippen molar-refractivity contribution in [3.63, 3.8) is 0 Å². The van der Waals surface area contributed by atoms with Crippen LogP contribution in [0.1, 0.15) is 36.4 Å². The number of aryl methyl sites for hydroxylation is 1. The predicted molar refractivity (Wildman–Crippen MR) is 85.7 cm³/mol. The molecule has 3 aromatic heterocycles. The summed E-state index contributed by atoms with van der Waals surface area (Å²) >= 11 is 0. The van der Waals surface area contributed by atoms with Gasteiger partial charge in [0.1, 0.15) is 0 Å². The van der Waals surface area contributed by atoms with Crippen molar-refractivity contribution in [3.05, 3.63) is 29.8 Å². The van der Waals surface area contributed by atoms with E-state index in [1.807, 2.05) is 16.9 Å². The Morgan fingerprint density at radius 3 is 2.83 bits per heavy atom. The van der Waals surface area contributed by atoms with Crippen LogP contribution in [-0.2, 0) is 6.42 Å². The van der Waals surface area contributed by atoms with Gasteiger partial charge < -0.3 is 14.4 Å². The van der Waals surface area contributed by atoms with E-state index in [-0.39, 0.29) is 12.4 Å². The van der Waals surface area contributed by atoms with Crippen LogP contribution in [0.4, 0.5) is 0 Å². The predicted octanol–water partition coefficient (Wildman–Crippen LogP) is 1.56. The minimum Gasteiger partial charge on any atom is -0.340 e. The van der Waals surface area contributed by atoms with Gasteiger partial charge in [0.15, 0.2) is 17.3 Å². The van der Waals surface area contributed by atoms with E-state index in [4.69, 9.17) is 9.05 Å². The zero-order chi connectivity index (χ0) is 15.6. The van der Waals surface area contributed by atoms with Crippen molar-refractivity contribution in [1.82, 2.24) is 35.4 Å². The lowest BCUT2D eigenvalue weighted by atomic mass is 10.1. The first-order valence-corrected chi connectivity index (χ1v) is 7.66. The molecule has 0 amide bonds. The Hall–Kier alpha value is -2.26. The summed E-state index contributed by atoms with van der Waals surface area (Å²) in [5.41, 5.74) is 0.679. The Labute approximate surface area is 144 Å². The summed E-state index contributed by atoms with van der Waals surface area (Å²) in [7, 11) is 0. The zero-order valence-electron chi connectivity index (χ0n) is 13.2. The second-order valence-corrected chi connectivity index (χ2v) is 5.60. The number of hydrogen-bond donors (Lipinski definition) is 1. The van der Waals surface area contributed by atoms with Crippen molar-refractivity contribution in [2.45, 2.75) is 32.2 Å². The molecule has 0 aliphatic carbocycles. The molecular weight excluding hydrogens is 334 g/mol. The van der Waals surface area contributed by atoms with Crippen molar-refractivity contribution in [1.29, 1.82) is 0 Å². The number of nitrogens with zero attached hydrogens (tertiary/aromatic N) is 6. The highest BCUT2D eigenvalue weighted by molar-refractivity contribution is 5.85. The van der Waals surface area contributed by atoms with Crippen LogP contribution in [-0.4, -0.2) is 43.2 Å². The molecule has 10 heteroatoms. The summed E-state index contributed by atoms with van der Waals surface area (Å²) in [6, 6.07) is 2.27. The molecule has 1 aliphatic rings. The largest absolute Gasteiger partial charge is 0.340 e. The maximum atomic E-state index is 5.29. The van der Waals surface area contributed by atoms with E-state index in [1.54, 1.807) is 6.92 Å². The van der Waals surface area contributed by atoms with Gasteiger partial charge in [0.05, 0.1) is 12.5 Å². The highest BCUT2D eigenvalue weighted by atomic mass is 35.5.